The van der Waals surface area contributed by atoms with E-state index in [2.05, 4.69) is 14.9 Å². The minimum Gasteiger partial charge on any atom is -0.457 e. The topological polar surface area (TPSA) is 81.3 Å². The molecule has 0 spiro atoms. The lowest BCUT2D eigenvalue weighted by Gasteiger charge is -2.17. The van der Waals surface area contributed by atoms with Gasteiger partial charge in [-0.15, -0.1) is 0 Å². The van der Waals surface area contributed by atoms with Crippen molar-refractivity contribution in [1.82, 2.24) is 9.97 Å². The van der Waals surface area contributed by atoms with E-state index in [4.69, 9.17) is 10.5 Å². The first kappa shape index (κ1) is 17.9. The lowest BCUT2D eigenvalue weighted by Crippen LogP contribution is -2.22. The van der Waals surface area contributed by atoms with Gasteiger partial charge in [-0.25, -0.2) is 14.4 Å². The molecule has 7 heteroatoms. The number of rotatable bonds is 5. The zero-order valence-electron chi connectivity index (χ0n) is 15.1. The van der Waals surface area contributed by atoms with Gasteiger partial charge in [0, 0.05) is 24.7 Å². The Hall–Kier alpha value is -3.48. The number of halogens is 1. The monoisotopic (exact) mass is 378 g/mol. The molecule has 1 saturated heterocycles. The molecule has 1 aliphatic rings. The predicted octanol–water partition coefficient (Wildman–Crippen LogP) is 3.77. The largest absolute Gasteiger partial charge is 0.457 e. The van der Waals surface area contributed by atoms with E-state index in [0.29, 0.717) is 23.1 Å². The van der Waals surface area contributed by atoms with E-state index in [-0.39, 0.29) is 11.5 Å². The molecule has 1 amide bonds. The van der Waals surface area contributed by atoms with Crippen LogP contribution >= 0.6 is 0 Å². The number of primary amides is 1. The highest BCUT2D eigenvalue weighted by molar-refractivity contribution is 5.92. The number of benzene rings is 2. The second-order valence-electron chi connectivity index (χ2n) is 6.57. The molecule has 28 heavy (non-hydrogen) atoms. The molecule has 0 bridgehead atoms. The van der Waals surface area contributed by atoms with E-state index in [1.54, 1.807) is 30.3 Å². The second-order valence-corrected chi connectivity index (χ2v) is 6.57. The van der Waals surface area contributed by atoms with Gasteiger partial charge in [-0.1, -0.05) is 0 Å². The van der Waals surface area contributed by atoms with Crippen molar-refractivity contribution < 1.29 is 13.9 Å². The van der Waals surface area contributed by atoms with Crippen LogP contribution in [-0.4, -0.2) is 29.0 Å². The predicted molar refractivity (Wildman–Crippen MR) is 104 cm³/mol. The summed E-state index contributed by atoms with van der Waals surface area (Å²) in [6.45, 7) is 1.80. The van der Waals surface area contributed by atoms with Crippen LogP contribution in [0.15, 0.2) is 54.6 Å². The second kappa shape index (κ2) is 7.64. The minimum atomic E-state index is -0.583. The van der Waals surface area contributed by atoms with Gasteiger partial charge in [-0.2, -0.15) is 0 Å². The Kier molecular flexibility index (Phi) is 4.89. The first-order valence-electron chi connectivity index (χ1n) is 9.06. The van der Waals surface area contributed by atoms with E-state index < -0.39 is 5.91 Å². The molecule has 1 fully saturated rings. The third-order valence-corrected chi connectivity index (χ3v) is 4.56. The summed E-state index contributed by atoms with van der Waals surface area (Å²) in [5, 5.41) is 0. The summed E-state index contributed by atoms with van der Waals surface area (Å²) >= 11 is 0. The maximum absolute atomic E-state index is 13.0. The molecule has 3 aromatic rings. The van der Waals surface area contributed by atoms with Gasteiger partial charge >= 0.3 is 0 Å². The molecule has 6 nitrogen and oxygen atoms in total. The molecule has 0 aliphatic carbocycles. The summed E-state index contributed by atoms with van der Waals surface area (Å²) in [5.41, 5.74) is 6.39. The molecule has 0 saturated carbocycles. The first-order chi connectivity index (χ1) is 13.6. The third-order valence-electron chi connectivity index (χ3n) is 4.56. The van der Waals surface area contributed by atoms with Crippen LogP contribution in [0.25, 0.3) is 11.4 Å². The van der Waals surface area contributed by atoms with Gasteiger partial charge in [0.15, 0.2) is 5.82 Å². The smallest absolute Gasteiger partial charge is 0.267 e. The summed E-state index contributed by atoms with van der Waals surface area (Å²) < 4.78 is 18.7. The summed E-state index contributed by atoms with van der Waals surface area (Å²) in [6.07, 6.45) is 2.20. The van der Waals surface area contributed by atoms with E-state index in [1.807, 2.05) is 12.1 Å². The highest BCUT2D eigenvalue weighted by Gasteiger charge is 2.18. The first-order valence-corrected chi connectivity index (χ1v) is 9.06. The van der Waals surface area contributed by atoms with Crippen LogP contribution < -0.4 is 15.4 Å². The van der Waals surface area contributed by atoms with Crippen molar-refractivity contribution in [1.29, 1.82) is 0 Å². The van der Waals surface area contributed by atoms with Crippen molar-refractivity contribution in [3.63, 3.8) is 0 Å². The van der Waals surface area contributed by atoms with Crippen LogP contribution in [0.4, 0.5) is 10.2 Å². The molecule has 1 aliphatic heterocycles. The standard InChI is InChI=1S/C21H19FN4O2/c22-15-5-9-17(10-6-15)28-16-7-3-14(4-8-16)21-24-18(20(23)27)13-19(25-21)26-11-1-2-12-26/h3-10,13H,1-2,11-12H2,(H2,23,27). The maximum Gasteiger partial charge on any atom is 0.267 e. The van der Waals surface area contributed by atoms with Gasteiger partial charge in [0.2, 0.25) is 0 Å². The van der Waals surface area contributed by atoms with E-state index in [9.17, 15) is 9.18 Å². The zero-order chi connectivity index (χ0) is 19.5. The number of amides is 1. The fourth-order valence-corrected chi connectivity index (χ4v) is 3.11. The van der Waals surface area contributed by atoms with Crippen molar-refractivity contribution >= 4 is 11.7 Å². The van der Waals surface area contributed by atoms with Gasteiger partial charge in [-0.3, -0.25) is 4.79 Å². The Morgan fingerprint density at radius 3 is 2.18 bits per heavy atom. The Balaban J connectivity index is 1.60. The fourth-order valence-electron chi connectivity index (χ4n) is 3.11. The molecule has 1 aromatic heterocycles. The van der Waals surface area contributed by atoms with Crippen LogP contribution in [0.1, 0.15) is 23.3 Å². The average molecular weight is 378 g/mol. The van der Waals surface area contributed by atoms with Crippen molar-refractivity contribution in [3.05, 3.63) is 66.1 Å². The maximum atomic E-state index is 13.0. The van der Waals surface area contributed by atoms with E-state index in [0.717, 1.165) is 31.5 Å². The number of nitrogens with zero attached hydrogens (tertiary/aromatic N) is 3. The van der Waals surface area contributed by atoms with E-state index in [1.165, 1.54) is 12.1 Å². The Morgan fingerprint density at radius 1 is 0.964 bits per heavy atom. The molecule has 142 valence electrons. The third kappa shape index (κ3) is 3.93. The van der Waals surface area contributed by atoms with Crippen LogP contribution in [0.3, 0.4) is 0 Å². The summed E-state index contributed by atoms with van der Waals surface area (Å²) in [5.74, 6) is 1.39. The van der Waals surface area contributed by atoms with Gasteiger partial charge in [0.05, 0.1) is 0 Å². The van der Waals surface area contributed by atoms with E-state index >= 15 is 0 Å². The van der Waals surface area contributed by atoms with Gasteiger partial charge < -0.3 is 15.4 Å². The fraction of sp³-hybridized carbons (Fsp3) is 0.190. The molecule has 0 radical (unpaired) electrons. The highest BCUT2D eigenvalue weighted by atomic mass is 19.1. The minimum absolute atomic E-state index is 0.193. The van der Waals surface area contributed by atoms with Crippen molar-refractivity contribution in [2.45, 2.75) is 12.8 Å². The molecule has 0 atom stereocenters. The molecular formula is C21H19FN4O2. The van der Waals surface area contributed by atoms with Crippen molar-refractivity contribution in [3.8, 4) is 22.9 Å². The molecular weight excluding hydrogens is 359 g/mol. The van der Waals surface area contributed by atoms with Gasteiger partial charge in [0.1, 0.15) is 28.8 Å². The van der Waals surface area contributed by atoms with Crippen LogP contribution in [0.5, 0.6) is 11.5 Å². The van der Waals surface area contributed by atoms with Crippen LogP contribution in [0, 0.1) is 5.82 Å². The van der Waals surface area contributed by atoms with Crippen molar-refractivity contribution in [2.75, 3.05) is 18.0 Å². The number of carbonyl (C=O) groups excluding carboxylic acids is 1. The summed E-state index contributed by atoms with van der Waals surface area (Å²) in [7, 11) is 0. The highest BCUT2D eigenvalue weighted by Crippen LogP contribution is 2.27. The van der Waals surface area contributed by atoms with Crippen LogP contribution in [0.2, 0.25) is 0 Å². The lowest BCUT2D eigenvalue weighted by atomic mass is 10.2. The number of anilines is 1. The molecule has 2 heterocycles. The number of hydrogen-bond acceptors (Lipinski definition) is 5. The van der Waals surface area contributed by atoms with Crippen molar-refractivity contribution in [2.24, 2.45) is 5.73 Å². The molecule has 4 rings (SSSR count). The van der Waals surface area contributed by atoms with Gasteiger partial charge in [0.25, 0.3) is 5.91 Å². The Morgan fingerprint density at radius 2 is 1.57 bits per heavy atom. The SMILES string of the molecule is NC(=O)c1cc(N2CCCC2)nc(-c2ccc(Oc3ccc(F)cc3)cc2)n1. The zero-order valence-corrected chi connectivity index (χ0v) is 15.1. The summed E-state index contributed by atoms with van der Waals surface area (Å²) in [4.78, 5) is 22.7. The average Bonchev–Trinajstić information content (AvgIpc) is 3.25. The Bertz CT molecular complexity index is 984. The number of ether oxygens (including phenoxy) is 1. The van der Waals surface area contributed by atoms with Crippen LogP contribution in [-0.2, 0) is 0 Å². The number of nitrogens with two attached hydrogens (primary N) is 1. The molecule has 2 aromatic carbocycles. The summed E-state index contributed by atoms with van der Waals surface area (Å²) in [6, 6.07) is 14.6. The molecule has 0 unspecified atom stereocenters. The number of carbonyl (C=O) groups is 1. The van der Waals surface area contributed by atoms with Gasteiger partial charge in [-0.05, 0) is 61.4 Å². The normalized spacial score (nSPS) is 13.5. The quantitative estimate of drug-likeness (QED) is 0.731. The molecule has 2 N–H and O–H groups in total. The number of aromatic nitrogens is 2. The number of hydrogen-bond donors (Lipinski definition) is 1. The lowest BCUT2D eigenvalue weighted by molar-refractivity contribution is 0.0995. The Labute approximate surface area is 161 Å².